The smallest absolute Gasteiger partial charge is 0.434 e. The first-order valence-corrected chi connectivity index (χ1v) is 25.8. The van der Waals surface area contributed by atoms with Crippen molar-refractivity contribution in [3.63, 3.8) is 0 Å². The van der Waals surface area contributed by atoms with Crippen molar-refractivity contribution in [2.24, 2.45) is 0 Å². The second-order valence-corrected chi connectivity index (χ2v) is 26.5. The number of nitro groups is 1. The number of nitrogens with one attached hydrogen (secondary N) is 1. The molecule has 310 valence electrons. The van der Waals surface area contributed by atoms with Crippen molar-refractivity contribution in [3.05, 3.63) is 39.4 Å². The Morgan fingerprint density at radius 1 is 0.870 bits per heavy atom. The lowest BCUT2D eigenvalue weighted by Gasteiger charge is -2.45. The van der Waals surface area contributed by atoms with Crippen LogP contribution in [0.2, 0.25) is 16.6 Å². The maximum Gasteiger partial charge on any atom is 0.508 e. The Balaban J connectivity index is 2.10. The van der Waals surface area contributed by atoms with Gasteiger partial charge in [-0.05, 0) is 61.7 Å². The largest absolute Gasteiger partial charge is 0.508 e. The predicted molar refractivity (Wildman–Crippen MR) is 226 cm³/mol. The lowest BCUT2D eigenvalue weighted by Crippen LogP contribution is -2.54. The summed E-state index contributed by atoms with van der Waals surface area (Å²) in [7, 11) is -3.38. The molecule has 1 heterocycles. The van der Waals surface area contributed by atoms with Crippen molar-refractivity contribution in [3.8, 4) is 0 Å². The Kier molecular flexibility index (Phi) is 20.7. The Morgan fingerprint density at radius 2 is 1.41 bits per heavy atom. The summed E-state index contributed by atoms with van der Waals surface area (Å²) in [5, 5.41) is 15.2. The molecule has 1 aliphatic rings. The number of amides is 1. The first kappa shape index (κ1) is 48.1. The number of benzene rings is 1. The summed E-state index contributed by atoms with van der Waals surface area (Å²) < 4.78 is 24.8. The van der Waals surface area contributed by atoms with E-state index < -0.39 is 44.8 Å². The lowest BCUT2D eigenvalue weighted by atomic mass is 9.98. The van der Waals surface area contributed by atoms with Crippen LogP contribution in [0, 0.1) is 10.1 Å². The van der Waals surface area contributed by atoms with Crippen molar-refractivity contribution >= 4 is 33.3 Å². The van der Waals surface area contributed by atoms with Gasteiger partial charge >= 0.3 is 6.16 Å². The SMILES string of the molecule is CCCC[P+](CCCC)(CCCC)CCCNC(=O)c1ccc(C(C)COC(=O)OC2[C@@H](CC)O[C@@H](C)[C@H]2O[Si](C(C)C)(C(C)C)C(C)C)c([N+](=O)[O-])c1. The molecule has 0 saturated carbocycles. The lowest BCUT2D eigenvalue weighted by molar-refractivity contribution is -0.385. The number of nitro benzene ring substituents is 1. The van der Waals surface area contributed by atoms with E-state index in [0.717, 1.165) is 6.42 Å². The number of unbranched alkanes of at least 4 members (excludes halogenated alkanes) is 3. The molecule has 1 fully saturated rings. The molecule has 2 unspecified atom stereocenters. The van der Waals surface area contributed by atoms with Crippen molar-refractivity contribution in [2.75, 3.05) is 37.8 Å². The van der Waals surface area contributed by atoms with E-state index in [-0.39, 0.29) is 36.0 Å². The molecular weight excluding hydrogens is 720 g/mol. The predicted octanol–water partition coefficient (Wildman–Crippen LogP) is 11.5. The number of hydrogen-bond donors (Lipinski definition) is 1. The molecule has 5 atom stereocenters. The van der Waals surface area contributed by atoms with Crippen LogP contribution in [0.3, 0.4) is 0 Å². The molecule has 0 aromatic heterocycles. The summed E-state index contributed by atoms with van der Waals surface area (Å²) in [5.74, 6) is -0.830. The van der Waals surface area contributed by atoms with Crippen molar-refractivity contribution in [2.45, 2.75) is 181 Å². The number of rotatable bonds is 25. The quantitative estimate of drug-likeness (QED) is 0.0259. The minimum absolute atomic E-state index is 0.127. The van der Waals surface area contributed by atoms with Gasteiger partial charge in [0, 0.05) is 36.9 Å². The van der Waals surface area contributed by atoms with Crippen molar-refractivity contribution < 1.29 is 33.1 Å². The van der Waals surface area contributed by atoms with E-state index in [1.165, 1.54) is 69.2 Å². The first-order valence-electron chi connectivity index (χ1n) is 21.1. The van der Waals surface area contributed by atoms with Gasteiger partial charge in [0.2, 0.25) is 8.32 Å². The highest BCUT2D eigenvalue weighted by atomic mass is 31.2. The van der Waals surface area contributed by atoms with Gasteiger partial charge in [0.15, 0.2) is 6.10 Å². The molecule has 1 N–H and O–H groups in total. The third kappa shape index (κ3) is 13.0. The zero-order chi connectivity index (χ0) is 40.6. The molecule has 12 heteroatoms. The normalized spacial score (nSPS) is 19.8. The maximum absolute atomic E-state index is 13.2. The Morgan fingerprint density at radius 3 is 1.89 bits per heavy atom. The van der Waals surface area contributed by atoms with Crippen LogP contribution in [0.15, 0.2) is 18.2 Å². The second kappa shape index (κ2) is 23.2. The minimum Gasteiger partial charge on any atom is -0.434 e. The van der Waals surface area contributed by atoms with Crippen LogP contribution in [-0.4, -0.2) is 87.5 Å². The molecule has 10 nitrogen and oxygen atoms in total. The minimum atomic E-state index is -2.31. The Bertz CT molecular complexity index is 1270. The van der Waals surface area contributed by atoms with E-state index in [4.69, 9.17) is 18.6 Å². The molecule has 0 aliphatic carbocycles. The molecule has 54 heavy (non-hydrogen) atoms. The third-order valence-corrected chi connectivity index (χ3v) is 22.9. The molecule has 1 amide bonds. The highest BCUT2D eigenvalue weighted by Crippen LogP contribution is 2.61. The van der Waals surface area contributed by atoms with Crippen LogP contribution >= 0.6 is 7.26 Å². The van der Waals surface area contributed by atoms with Crippen LogP contribution in [0.4, 0.5) is 10.5 Å². The summed E-state index contributed by atoms with van der Waals surface area (Å²) in [4.78, 5) is 38.1. The molecule has 0 radical (unpaired) electrons. The van der Waals surface area contributed by atoms with E-state index in [9.17, 15) is 19.7 Å². The third-order valence-electron chi connectivity index (χ3n) is 11.7. The van der Waals surface area contributed by atoms with Crippen LogP contribution in [-0.2, 0) is 18.6 Å². The average Bonchev–Trinajstić information content (AvgIpc) is 3.43. The highest BCUT2D eigenvalue weighted by Gasteiger charge is 2.53. The van der Waals surface area contributed by atoms with Crippen LogP contribution < -0.4 is 5.32 Å². The zero-order valence-electron chi connectivity index (χ0n) is 35.9. The first-order chi connectivity index (χ1) is 25.5. The number of ether oxygens (including phenoxy) is 3. The van der Waals surface area contributed by atoms with Gasteiger partial charge in [-0.2, -0.15) is 0 Å². The average molecular weight is 796 g/mol. The highest BCUT2D eigenvalue weighted by molar-refractivity contribution is 7.75. The number of carbonyl (C=O) groups excluding carboxylic acids is 2. The molecule has 1 saturated heterocycles. The molecule has 2 rings (SSSR count). The second-order valence-electron chi connectivity index (χ2n) is 16.7. The number of hydrogen-bond acceptors (Lipinski definition) is 8. The van der Waals surface area contributed by atoms with E-state index >= 15 is 0 Å². The van der Waals surface area contributed by atoms with Gasteiger partial charge in [0.05, 0.1) is 41.8 Å². The Labute approximate surface area is 329 Å². The van der Waals surface area contributed by atoms with E-state index in [1.807, 2.05) is 13.8 Å². The summed E-state index contributed by atoms with van der Waals surface area (Å²) in [6.45, 7) is 26.3. The summed E-state index contributed by atoms with van der Waals surface area (Å²) >= 11 is 0. The summed E-state index contributed by atoms with van der Waals surface area (Å²) in [5.41, 5.74) is 1.50. The van der Waals surface area contributed by atoms with Gasteiger partial charge < -0.3 is 24.0 Å². The number of nitrogens with zero attached hydrogens (tertiary/aromatic N) is 1. The fourth-order valence-electron chi connectivity index (χ4n) is 8.75. The van der Waals surface area contributed by atoms with Gasteiger partial charge in [-0.1, -0.05) is 101 Å². The van der Waals surface area contributed by atoms with Crippen molar-refractivity contribution in [1.29, 1.82) is 0 Å². The van der Waals surface area contributed by atoms with Gasteiger partial charge in [-0.3, -0.25) is 14.9 Å². The van der Waals surface area contributed by atoms with E-state index in [0.29, 0.717) is 35.2 Å². The van der Waals surface area contributed by atoms with E-state index in [1.54, 1.807) is 19.1 Å². The topological polar surface area (TPSA) is 126 Å². The summed E-state index contributed by atoms with van der Waals surface area (Å²) in [6.07, 6.45) is 11.7. The molecule has 0 bridgehead atoms. The zero-order valence-corrected chi connectivity index (χ0v) is 37.8. The maximum atomic E-state index is 13.2. The molecule has 1 aromatic rings. The van der Waals surface area contributed by atoms with Crippen LogP contribution in [0.1, 0.15) is 156 Å². The van der Waals surface area contributed by atoms with Gasteiger partial charge in [-0.25, -0.2) is 4.79 Å². The van der Waals surface area contributed by atoms with Crippen molar-refractivity contribution in [1.82, 2.24) is 5.32 Å². The number of carbonyl (C=O) groups is 2. The molecular formula is C42H76N2O8PSi+. The van der Waals surface area contributed by atoms with Gasteiger partial charge in [0.1, 0.15) is 12.7 Å². The van der Waals surface area contributed by atoms with Crippen LogP contribution in [0.5, 0.6) is 0 Å². The fourth-order valence-corrected chi connectivity index (χ4v) is 19.5. The molecule has 1 aliphatic heterocycles. The standard InChI is InChI=1S/C42H75N2O8PSi/c1-13-17-24-53(25-18-14-2,26-19-15-3)27-20-23-43-41(45)35-21-22-36(37(28-35)44(47)48)33(11)29-49-42(46)51-40-38(16-4)50-34(12)39(40)52-54(30(5)6,31(7)8)32(9)10/h21-22,28,30-34,38-40H,13-20,23-27,29H2,1-12H3/p+1/t33?,34-,38+,39+,40?/m0/s1. The van der Waals surface area contributed by atoms with Gasteiger partial charge in [-0.15, -0.1) is 0 Å². The van der Waals surface area contributed by atoms with Gasteiger partial charge in [0.25, 0.3) is 11.6 Å². The van der Waals surface area contributed by atoms with E-state index in [2.05, 4.69) is 67.6 Å². The van der Waals surface area contributed by atoms with Crippen LogP contribution in [0.25, 0.3) is 0 Å². The fraction of sp³-hybridized carbons (Fsp3) is 0.810. The summed E-state index contributed by atoms with van der Waals surface area (Å²) in [6, 6.07) is 4.55. The Hall–Kier alpha value is -2.07. The molecule has 0 spiro atoms. The monoisotopic (exact) mass is 796 g/mol. The molecule has 1 aromatic carbocycles.